The van der Waals surface area contributed by atoms with Crippen molar-refractivity contribution in [3.05, 3.63) is 17.5 Å². The summed E-state index contributed by atoms with van der Waals surface area (Å²) < 4.78 is 8.01. The summed E-state index contributed by atoms with van der Waals surface area (Å²) in [5.74, 6) is 0.545. The quantitative estimate of drug-likeness (QED) is 0.912. The van der Waals surface area contributed by atoms with E-state index in [0.717, 1.165) is 19.6 Å². The highest BCUT2D eigenvalue weighted by molar-refractivity contribution is 5.27. The Bertz CT molecular complexity index is 418. The van der Waals surface area contributed by atoms with E-state index in [4.69, 9.17) is 4.74 Å². The van der Waals surface area contributed by atoms with Crippen LogP contribution in [0.25, 0.3) is 0 Å². The van der Waals surface area contributed by atoms with Gasteiger partial charge in [-0.05, 0) is 19.9 Å². The van der Waals surface area contributed by atoms with Crippen molar-refractivity contribution in [2.75, 3.05) is 20.2 Å². The van der Waals surface area contributed by atoms with Crippen molar-refractivity contribution >= 4 is 0 Å². The van der Waals surface area contributed by atoms with Crippen LogP contribution in [-0.4, -0.2) is 30.0 Å². The second kappa shape index (κ2) is 5.63. The molecule has 0 radical (unpaired) electrons. The molecule has 2 heterocycles. The highest BCUT2D eigenvalue weighted by atomic mass is 16.5. The average Bonchev–Trinajstić information content (AvgIpc) is 2.72. The van der Waals surface area contributed by atoms with Gasteiger partial charge in [0, 0.05) is 43.3 Å². The lowest BCUT2D eigenvalue weighted by Crippen LogP contribution is -2.31. The lowest BCUT2D eigenvalue weighted by molar-refractivity contribution is -0.0281. The monoisotopic (exact) mass is 265 g/mol. The third kappa shape index (κ3) is 3.18. The molecule has 1 aliphatic rings. The van der Waals surface area contributed by atoms with Gasteiger partial charge in [0.1, 0.15) is 0 Å². The highest BCUT2D eigenvalue weighted by Crippen LogP contribution is 2.38. The molecule has 2 unspecified atom stereocenters. The van der Waals surface area contributed by atoms with Crippen LogP contribution in [0.3, 0.4) is 0 Å². The van der Waals surface area contributed by atoms with E-state index in [1.165, 1.54) is 17.7 Å². The molecule has 108 valence electrons. The lowest BCUT2D eigenvalue weighted by atomic mass is 9.83. The van der Waals surface area contributed by atoms with Gasteiger partial charge < -0.3 is 10.1 Å². The summed E-state index contributed by atoms with van der Waals surface area (Å²) in [6, 6.07) is 0. The van der Waals surface area contributed by atoms with E-state index in [-0.39, 0.29) is 11.5 Å². The fourth-order valence-electron chi connectivity index (χ4n) is 2.96. The van der Waals surface area contributed by atoms with Gasteiger partial charge in [-0.2, -0.15) is 5.10 Å². The largest absolute Gasteiger partial charge is 0.373 e. The minimum atomic E-state index is 0.0571. The molecule has 1 saturated heterocycles. The van der Waals surface area contributed by atoms with Crippen molar-refractivity contribution in [3.8, 4) is 0 Å². The second-order valence-electron chi connectivity index (χ2n) is 6.61. The second-order valence-corrected chi connectivity index (χ2v) is 6.61. The molecule has 2 atom stereocenters. The zero-order valence-electron chi connectivity index (χ0n) is 12.9. The van der Waals surface area contributed by atoms with Crippen LogP contribution >= 0.6 is 0 Å². The van der Waals surface area contributed by atoms with E-state index < -0.39 is 0 Å². The molecule has 0 aliphatic carbocycles. The molecule has 0 bridgehead atoms. The number of hydrogen-bond donors (Lipinski definition) is 1. The normalized spacial score (nSPS) is 24.7. The van der Waals surface area contributed by atoms with E-state index in [2.05, 4.69) is 37.4 Å². The summed E-state index contributed by atoms with van der Waals surface area (Å²) in [5.41, 5.74) is 2.50. The number of aryl methyl sites for hydroxylation is 1. The van der Waals surface area contributed by atoms with Gasteiger partial charge in [0.2, 0.25) is 0 Å². The molecule has 4 nitrogen and oxygen atoms in total. The summed E-state index contributed by atoms with van der Waals surface area (Å²) in [7, 11) is 4.01. The fraction of sp³-hybridized carbons (Fsp3) is 0.800. The fourth-order valence-corrected chi connectivity index (χ4v) is 2.96. The van der Waals surface area contributed by atoms with E-state index in [1.54, 1.807) is 0 Å². The van der Waals surface area contributed by atoms with Gasteiger partial charge in [-0.3, -0.25) is 4.68 Å². The zero-order chi connectivity index (χ0) is 14.0. The molecule has 1 aliphatic heterocycles. The summed E-state index contributed by atoms with van der Waals surface area (Å²) in [4.78, 5) is 0. The molecular weight excluding hydrogens is 238 g/mol. The van der Waals surface area contributed by atoms with Crippen LogP contribution in [0.5, 0.6) is 0 Å². The highest BCUT2D eigenvalue weighted by Gasteiger charge is 2.33. The Balaban J connectivity index is 2.33. The Labute approximate surface area is 116 Å². The smallest absolute Gasteiger partial charge is 0.0898 e. The van der Waals surface area contributed by atoms with Gasteiger partial charge in [-0.25, -0.2) is 0 Å². The van der Waals surface area contributed by atoms with E-state index in [0.29, 0.717) is 5.92 Å². The van der Waals surface area contributed by atoms with Crippen molar-refractivity contribution in [1.29, 1.82) is 0 Å². The van der Waals surface area contributed by atoms with Crippen LogP contribution in [0.1, 0.15) is 51.0 Å². The molecule has 0 saturated carbocycles. The van der Waals surface area contributed by atoms with Crippen LogP contribution in [0.2, 0.25) is 0 Å². The molecule has 2 rings (SSSR count). The van der Waals surface area contributed by atoms with Crippen LogP contribution in [0.15, 0.2) is 6.20 Å². The summed E-state index contributed by atoms with van der Waals surface area (Å²) in [6.07, 6.45) is 4.71. The minimum absolute atomic E-state index is 0.0571. The first kappa shape index (κ1) is 14.5. The Kier molecular flexibility index (Phi) is 4.31. The summed E-state index contributed by atoms with van der Waals surface area (Å²) in [6.45, 7) is 8.52. The maximum atomic E-state index is 6.08. The first-order valence-electron chi connectivity index (χ1n) is 7.23. The number of aromatic nitrogens is 2. The first-order valence-corrected chi connectivity index (χ1v) is 7.23. The Morgan fingerprint density at radius 2 is 2.21 bits per heavy atom. The van der Waals surface area contributed by atoms with Gasteiger partial charge in [0.05, 0.1) is 11.8 Å². The summed E-state index contributed by atoms with van der Waals surface area (Å²) in [5, 5.41) is 7.96. The Morgan fingerprint density at radius 1 is 1.47 bits per heavy atom. The van der Waals surface area contributed by atoms with Gasteiger partial charge in [-0.1, -0.05) is 20.8 Å². The predicted molar refractivity (Wildman–Crippen MR) is 77.3 cm³/mol. The molecule has 1 fully saturated rings. The molecule has 0 aromatic carbocycles. The van der Waals surface area contributed by atoms with Crippen molar-refractivity contribution in [2.24, 2.45) is 13.0 Å². The van der Waals surface area contributed by atoms with Crippen LogP contribution in [0, 0.1) is 5.92 Å². The van der Waals surface area contributed by atoms with Crippen molar-refractivity contribution in [1.82, 2.24) is 15.1 Å². The Hall–Kier alpha value is -0.870. The molecule has 1 aromatic heterocycles. The van der Waals surface area contributed by atoms with Crippen molar-refractivity contribution in [2.45, 2.75) is 45.1 Å². The molecule has 0 spiro atoms. The topological polar surface area (TPSA) is 39.1 Å². The molecule has 0 amide bonds. The number of hydrogen-bond acceptors (Lipinski definition) is 3. The number of rotatable bonds is 3. The number of nitrogens with one attached hydrogen (secondary N) is 1. The molecular formula is C15H27N3O. The zero-order valence-corrected chi connectivity index (χ0v) is 12.9. The molecule has 4 heteroatoms. The SMILES string of the molecule is CNCC1CCCOC1c1cn(C)nc1C(C)(C)C. The maximum absolute atomic E-state index is 6.08. The maximum Gasteiger partial charge on any atom is 0.0898 e. The van der Waals surface area contributed by atoms with Gasteiger partial charge in [-0.15, -0.1) is 0 Å². The first-order chi connectivity index (χ1) is 8.93. The van der Waals surface area contributed by atoms with Gasteiger partial charge in [0.15, 0.2) is 0 Å². The lowest BCUT2D eigenvalue weighted by Gasteiger charge is -2.33. The molecule has 1 aromatic rings. The van der Waals surface area contributed by atoms with Gasteiger partial charge in [0.25, 0.3) is 0 Å². The number of nitrogens with zero attached hydrogens (tertiary/aromatic N) is 2. The van der Waals surface area contributed by atoms with Crippen molar-refractivity contribution < 1.29 is 4.74 Å². The van der Waals surface area contributed by atoms with Crippen LogP contribution < -0.4 is 5.32 Å². The average molecular weight is 265 g/mol. The van der Waals surface area contributed by atoms with Gasteiger partial charge >= 0.3 is 0 Å². The van der Waals surface area contributed by atoms with Crippen LogP contribution in [-0.2, 0) is 17.2 Å². The third-order valence-corrected chi connectivity index (χ3v) is 3.79. The Morgan fingerprint density at radius 3 is 2.84 bits per heavy atom. The van der Waals surface area contributed by atoms with E-state index in [1.807, 2.05) is 18.8 Å². The molecule has 1 N–H and O–H groups in total. The van der Waals surface area contributed by atoms with E-state index in [9.17, 15) is 0 Å². The predicted octanol–water partition coefficient (Wildman–Crippen LogP) is 2.40. The third-order valence-electron chi connectivity index (χ3n) is 3.79. The summed E-state index contributed by atoms with van der Waals surface area (Å²) >= 11 is 0. The minimum Gasteiger partial charge on any atom is -0.373 e. The molecule has 19 heavy (non-hydrogen) atoms. The van der Waals surface area contributed by atoms with Crippen LogP contribution in [0.4, 0.5) is 0 Å². The standard InChI is InChI=1S/C15H27N3O/c1-15(2,3)14-12(10-18(5)17-14)13-11(9-16-4)7-6-8-19-13/h10-11,13,16H,6-9H2,1-5H3. The number of ether oxygens (including phenoxy) is 1. The van der Waals surface area contributed by atoms with E-state index >= 15 is 0 Å². The van der Waals surface area contributed by atoms with Crippen molar-refractivity contribution in [3.63, 3.8) is 0 Å².